The lowest BCUT2D eigenvalue weighted by Crippen LogP contribution is -2.26. The van der Waals surface area contributed by atoms with Crippen molar-refractivity contribution in [2.24, 2.45) is 0 Å². The molecule has 1 amide bonds. The maximum Gasteiger partial charge on any atom is 0.220 e. The van der Waals surface area contributed by atoms with Crippen molar-refractivity contribution in [3.63, 3.8) is 0 Å². The number of hydrogen-bond acceptors (Lipinski definition) is 1. The van der Waals surface area contributed by atoms with Crippen molar-refractivity contribution in [2.45, 2.75) is 32.2 Å². The monoisotopic (exact) mass is 257 g/mol. The van der Waals surface area contributed by atoms with Crippen LogP contribution in [-0.4, -0.2) is 11.8 Å². The van der Waals surface area contributed by atoms with E-state index in [1.807, 2.05) is 6.92 Å². The van der Waals surface area contributed by atoms with Crippen molar-refractivity contribution >= 4 is 17.5 Å². The van der Waals surface area contributed by atoms with E-state index in [-0.39, 0.29) is 17.8 Å². The van der Waals surface area contributed by atoms with Gasteiger partial charge in [-0.3, -0.25) is 4.79 Å². The van der Waals surface area contributed by atoms with Gasteiger partial charge in [0.05, 0.1) is 6.04 Å². The summed E-state index contributed by atoms with van der Waals surface area (Å²) in [5, 5.41) is 2.87. The number of halogens is 2. The zero-order chi connectivity index (χ0) is 12.7. The second-order valence-electron chi connectivity index (χ2n) is 3.99. The number of hydrogen-bond donors (Lipinski definition) is 1. The molecule has 0 spiro atoms. The molecule has 17 heavy (non-hydrogen) atoms. The van der Waals surface area contributed by atoms with Gasteiger partial charge in [-0.2, -0.15) is 0 Å². The van der Waals surface area contributed by atoms with Gasteiger partial charge in [-0.1, -0.05) is 12.1 Å². The Kier molecular flexibility index (Phi) is 5.98. The molecule has 94 valence electrons. The van der Waals surface area contributed by atoms with Crippen molar-refractivity contribution in [3.8, 4) is 0 Å². The molecule has 0 aliphatic rings. The zero-order valence-electron chi connectivity index (χ0n) is 9.88. The van der Waals surface area contributed by atoms with Crippen LogP contribution >= 0.6 is 11.6 Å². The SMILES string of the molecule is CC(NC(=O)CCCCCl)c1ccc(F)cc1. The van der Waals surface area contributed by atoms with Gasteiger partial charge in [0.2, 0.25) is 5.91 Å². The second-order valence-corrected chi connectivity index (χ2v) is 4.36. The first-order chi connectivity index (χ1) is 8.13. The van der Waals surface area contributed by atoms with E-state index < -0.39 is 0 Å². The molecule has 1 rings (SSSR count). The average molecular weight is 258 g/mol. The molecule has 0 saturated carbocycles. The first-order valence-electron chi connectivity index (χ1n) is 5.74. The molecule has 1 unspecified atom stereocenters. The van der Waals surface area contributed by atoms with Gasteiger partial charge < -0.3 is 5.32 Å². The van der Waals surface area contributed by atoms with E-state index in [1.54, 1.807) is 12.1 Å². The van der Waals surface area contributed by atoms with Crippen molar-refractivity contribution in [1.82, 2.24) is 5.32 Å². The fourth-order valence-corrected chi connectivity index (χ4v) is 1.72. The van der Waals surface area contributed by atoms with Gasteiger partial charge in [0.15, 0.2) is 0 Å². The Balaban J connectivity index is 2.40. The molecule has 4 heteroatoms. The largest absolute Gasteiger partial charge is 0.350 e. The molecular weight excluding hydrogens is 241 g/mol. The molecule has 0 fully saturated rings. The van der Waals surface area contributed by atoms with Gasteiger partial charge in [-0.15, -0.1) is 11.6 Å². The van der Waals surface area contributed by atoms with Crippen LogP contribution in [0.4, 0.5) is 4.39 Å². The summed E-state index contributed by atoms with van der Waals surface area (Å²) in [5.41, 5.74) is 0.900. The van der Waals surface area contributed by atoms with E-state index in [0.717, 1.165) is 18.4 Å². The highest BCUT2D eigenvalue weighted by molar-refractivity contribution is 6.17. The van der Waals surface area contributed by atoms with Crippen LogP contribution < -0.4 is 5.32 Å². The molecule has 0 radical (unpaired) electrons. The van der Waals surface area contributed by atoms with Crippen molar-refractivity contribution in [2.75, 3.05) is 5.88 Å². The van der Waals surface area contributed by atoms with E-state index in [4.69, 9.17) is 11.6 Å². The minimum atomic E-state index is -0.269. The lowest BCUT2D eigenvalue weighted by molar-refractivity contribution is -0.121. The summed E-state index contributed by atoms with van der Waals surface area (Å²) in [5.74, 6) is 0.321. The van der Waals surface area contributed by atoms with Crippen LogP contribution in [0.5, 0.6) is 0 Å². The molecular formula is C13H17ClFNO. The predicted molar refractivity (Wildman–Crippen MR) is 67.5 cm³/mol. The maximum absolute atomic E-state index is 12.7. The summed E-state index contributed by atoms with van der Waals surface area (Å²) >= 11 is 5.53. The van der Waals surface area contributed by atoms with E-state index in [2.05, 4.69) is 5.32 Å². The highest BCUT2D eigenvalue weighted by Crippen LogP contribution is 2.13. The Labute approximate surface area is 106 Å². The lowest BCUT2D eigenvalue weighted by atomic mass is 10.1. The lowest BCUT2D eigenvalue weighted by Gasteiger charge is -2.14. The molecule has 1 aromatic carbocycles. The summed E-state index contributed by atoms with van der Waals surface area (Å²) in [6.07, 6.45) is 2.13. The third-order valence-electron chi connectivity index (χ3n) is 2.53. The summed E-state index contributed by atoms with van der Waals surface area (Å²) in [7, 11) is 0. The Bertz CT molecular complexity index is 353. The average Bonchev–Trinajstić information content (AvgIpc) is 2.30. The number of benzene rings is 1. The molecule has 0 saturated heterocycles. The normalized spacial score (nSPS) is 12.2. The van der Waals surface area contributed by atoms with Crippen molar-refractivity contribution in [1.29, 1.82) is 0 Å². The van der Waals surface area contributed by atoms with Gasteiger partial charge in [0, 0.05) is 12.3 Å². The molecule has 1 atom stereocenters. The fraction of sp³-hybridized carbons (Fsp3) is 0.462. The Hall–Kier alpha value is -1.09. The highest BCUT2D eigenvalue weighted by atomic mass is 35.5. The van der Waals surface area contributed by atoms with E-state index in [1.165, 1.54) is 12.1 Å². The number of carbonyl (C=O) groups excluding carboxylic acids is 1. The molecule has 1 N–H and O–H groups in total. The summed E-state index contributed by atoms with van der Waals surface area (Å²) < 4.78 is 12.7. The van der Waals surface area contributed by atoms with Crippen LogP contribution in [0.15, 0.2) is 24.3 Å². The quantitative estimate of drug-likeness (QED) is 0.614. The highest BCUT2D eigenvalue weighted by Gasteiger charge is 2.08. The Morgan fingerprint density at radius 3 is 2.59 bits per heavy atom. The summed E-state index contributed by atoms with van der Waals surface area (Å²) in [4.78, 5) is 11.5. The van der Waals surface area contributed by atoms with Crippen molar-refractivity contribution in [3.05, 3.63) is 35.6 Å². The second kappa shape index (κ2) is 7.28. The number of nitrogens with one attached hydrogen (secondary N) is 1. The molecule has 0 aliphatic heterocycles. The van der Waals surface area contributed by atoms with E-state index in [9.17, 15) is 9.18 Å². The van der Waals surface area contributed by atoms with Crippen LogP contribution in [0.3, 0.4) is 0 Å². The number of rotatable bonds is 6. The predicted octanol–water partition coefficient (Wildman–Crippen LogP) is 3.41. The van der Waals surface area contributed by atoms with E-state index >= 15 is 0 Å². The third-order valence-corrected chi connectivity index (χ3v) is 2.80. The smallest absolute Gasteiger partial charge is 0.220 e. The van der Waals surface area contributed by atoms with Crippen molar-refractivity contribution < 1.29 is 9.18 Å². The standard InChI is InChI=1S/C13H17ClFNO/c1-10(11-5-7-12(15)8-6-11)16-13(17)4-2-3-9-14/h5-8,10H,2-4,9H2,1H3,(H,16,17). The number of unbranched alkanes of at least 4 members (excludes halogenated alkanes) is 1. The van der Waals surface area contributed by atoms with Gasteiger partial charge in [0.1, 0.15) is 5.82 Å². The van der Waals surface area contributed by atoms with Gasteiger partial charge >= 0.3 is 0 Å². The molecule has 0 aromatic heterocycles. The van der Waals surface area contributed by atoms with Gasteiger partial charge in [-0.25, -0.2) is 4.39 Å². The van der Waals surface area contributed by atoms with Crippen LogP contribution in [-0.2, 0) is 4.79 Å². The maximum atomic E-state index is 12.7. The van der Waals surface area contributed by atoms with Gasteiger partial charge in [-0.05, 0) is 37.5 Å². The first-order valence-corrected chi connectivity index (χ1v) is 6.27. The van der Waals surface area contributed by atoms with Gasteiger partial charge in [0.25, 0.3) is 0 Å². The van der Waals surface area contributed by atoms with E-state index in [0.29, 0.717) is 12.3 Å². The molecule has 1 aromatic rings. The molecule has 0 bridgehead atoms. The first kappa shape index (κ1) is 14.0. The minimum Gasteiger partial charge on any atom is -0.350 e. The van der Waals surface area contributed by atoms with Crippen LogP contribution in [0, 0.1) is 5.82 Å². The minimum absolute atomic E-state index is 0.00643. The Morgan fingerprint density at radius 2 is 2.00 bits per heavy atom. The summed E-state index contributed by atoms with van der Waals surface area (Å²) in [6, 6.07) is 6.05. The third kappa shape index (κ3) is 5.18. The number of carbonyl (C=O) groups is 1. The molecule has 2 nitrogen and oxygen atoms in total. The topological polar surface area (TPSA) is 29.1 Å². The molecule has 0 heterocycles. The number of amides is 1. The fourth-order valence-electron chi connectivity index (χ4n) is 1.53. The number of alkyl halides is 1. The zero-order valence-corrected chi connectivity index (χ0v) is 10.6. The van der Waals surface area contributed by atoms with Crippen LogP contribution in [0.1, 0.15) is 37.8 Å². The summed E-state index contributed by atoms with van der Waals surface area (Å²) in [6.45, 7) is 1.88. The Morgan fingerprint density at radius 1 is 1.35 bits per heavy atom. The van der Waals surface area contributed by atoms with Crippen LogP contribution in [0.2, 0.25) is 0 Å². The molecule has 0 aliphatic carbocycles. The van der Waals surface area contributed by atoms with Crippen LogP contribution in [0.25, 0.3) is 0 Å².